The maximum atomic E-state index is 11.3. The Bertz CT molecular complexity index is 389. The van der Waals surface area contributed by atoms with Crippen LogP contribution in [0.3, 0.4) is 0 Å². The minimum absolute atomic E-state index is 0.0725. The van der Waals surface area contributed by atoms with Crippen LogP contribution in [0.5, 0.6) is 0 Å². The summed E-state index contributed by atoms with van der Waals surface area (Å²) in [6.07, 6.45) is 1.04. The first-order chi connectivity index (χ1) is 8.13. The summed E-state index contributed by atoms with van der Waals surface area (Å²) in [6, 6.07) is 2.92. The van der Waals surface area contributed by atoms with E-state index in [2.05, 4.69) is 12.2 Å². The number of thioether (sulfide) groups is 1. The molecule has 0 bridgehead atoms. The average molecular weight is 257 g/mol. The third kappa shape index (κ3) is 4.95. The Hall–Kier alpha value is -1.43. The number of carbonyl (C=O) groups excluding carboxylic acids is 1. The SMILES string of the molecule is CCCSCC(=O)NCc1ccc(C(=O)O)o1. The molecule has 0 aromatic carbocycles. The maximum Gasteiger partial charge on any atom is 0.371 e. The van der Waals surface area contributed by atoms with Crippen LogP contribution in [-0.4, -0.2) is 28.5 Å². The van der Waals surface area contributed by atoms with E-state index in [0.717, 1.165) is 12.2 Å². The van der Waals surface area contributed by atoms with Gasteiger partial charge in [-0.1, -0.05) is 6.92 Å². The fraction of sp³-hybridized carbons (Fsp3) is 0.455. The van der Waals surface area contributed by atoms with E-state index in [1.54, 1.807) is 17.8 Å². The molecule has 0 aliphatic rings. The van der Waals surface area contributed by atoms with Crippen molar-refractivity contribution in [1.29, 1.82) is 0 Å². The largest absolute Gasteiger partial charge is 0.475 e. The van der Waals surface area contributed by atoms with E-state index in [-0.39, 0.29) is 18.2 Å². The molecule has 0 aliphatic heterocycles. The van der Waals surface area contributed by atoms with Crippen molar-refractivity contribution < 1.29 is 19.1 Å². The summed E-state index contributed by atoms with van der Waals surface area (Å²) < 4.78 is 5.00. The van der Waals surface area contributed by atoms with E-state index in [1.807, 2.05) is 0 Å². The third-order valence-corrected chi connectivity index (χ3v) is 3.08. The van der Waals surface area contributed by atoms with Crippen LogP contribution in [0.25, 0.3) is 0 Å². The second-order valence-electron chi connectivity index (χ2n) is 3.40. The van der Waals surface area contributed by atoms with Gasteiger partial charge in [-0.15, -0.1) is 0 Å². The molecule has 0 radical (unpaired) electrons. The van der Waals surface area contributed by atoms with Crippen molar-refractivity contribution in [2.75, 3.05) is 11.5 Å². The Morgan fingerprint density at radius 1 is 1.47 bits per heavy atom. The van der Waals surface area contributed by atoms with E-state index >= 15 is 0 Å². The molecule has 1 heterocycles. The van der Waals surface area contributed by atoms with Gasteiger partial charge in [0.15, 0.2) is 0 Å². The van der Waals surface area contributed by atoms with Crippen molar-refractivity contribution >= 4 is 23.6 Å². The molecule has 5 nitrogen and oxygen atoms in total. The van der Waals surface area contributed by atoms with Crippen LogP contribution in [0.1, 0.15) is 29.7 Å². The minimum Gasteiger partial charge on any atom is -0.475 e. The van der Waals surface area contributed by atoms with Gasteiger partial charge >= 0.3 is 5.97 Å². The summed E-state index contributed by atoms with van der Waals surface area (Å²) in [5.41, 5.74) is 0. The Morgan fingerprint density at radius 3 is 2.82 bits per heavy atom. The number of hydrogen-bond donors (Lipinski definition) is 2. The van der Waals surface area contributed by atoms with Gasteiger partial charge in [-0.05, 0) is 24.3 Å². The van der Waals surface area contributed by atoms with Crippen molar-refractivity contribution in [3.05, 3.63) is 23.7 Å². The summed E-state index contributed by atoms with van der Waals surface area (Å²) in [5, 5.41) is 11.3. The predicted molar refractivity (Wildman–Crippen MR) is 65.1 cm³/mol. The lowest BCUT2D eigenvalue weighted by atomic mass is 10.4. The topological polar surface area (TPSA) is 79.5 Å². The van der Waals surface area contributed by atoms with Gasteiger partial charge < -0.3 is 14.8 Å². The van der Waals surface area contributed by atoms with Crippen LogP contribution in [-0.2, 0) is 11.3 Å². The first kappa shape index (κ1) is 13.6. The second-order valence-corrected chi connectivity index (χ2v) is 4.51. The number of amides is 1. The minimum atomic E-state index is -1.11. The lowest BCUT2D eigenvalue weighted by Gasteiger charge is -2.02. The molecule has 0 spiro atoms. The van der Waals surface area contributed by atoms with Gasteiger partial charge in [0.25, 0.3) is 0 Å². The standard InChI is InChI=1S/C11H15NO4S/c1-2-5-17-7-10(13)12-6-8-3-4-9(16-8)11(14)15/h3-4H,2,5-7H2,1H3,(H,12,13)(H,14,15). The molecule has 0 unspecified atom stereocenters. The molecule has 0 saturated heterocycles. The van der Waals surface area contributed by atoms with Crippen molar-refractivity contribution in [2.24, 2.45) is 0 Å². The molecule has 1 aromatic heterocycles. The first-order valence-electron chi connectivity index (χ1n) is 5.30. The number of nitrogens with one attached hydrogen (secondary N) is 1. The molecule has 0 fully saturated rings. The summed E-state index contributed by atoms with van der Waals surface area (Å²) in [7, 11) is 0. The molecule has 0 aliphatic carbocycles. The van der Waals surface area contributed by atoms with Gasteiger partial charge in [0.1, 0.15) is 5.76 Å². The number of hydrogen-bond acceptors (Lipinski definition) is 4. The molecule has 1 aromatic rings. The van der Waals surface area contributed by atoms with Crippen molar-refractivity contribution in [3.63, 3.8) is 0 Å². The molecule has 1 rings (SSSR count). The fourth-order valence-corrected chi connectivity index (χ4v) is 1.85. The van der Waals surface area contributed by atoms with Crippen molar-refractivity contribution in [2.45, 2.75) is 19.9 Å². The molecular weight excluding hydrogens is 242 g/mol. The third-order valence-electron chi connectivity index (χ3n) is 1.91. The highest BCUT2D eigenvalue weighted by Crippen LogP contribution is 2.07. The quantitative estimate of drug-likeness (QED) is 0.727. The van der Waals surface area contributed by atoms with E-state index in [9.17, 15) is 9.59 Å². The summed E-state index contributed by atoms with van der Waals surface area (Å²) in [4.78, 5) is 21.9. The normalized spacial score (nSPS) is 10.2. The van der Waals surface area contributed by atoms with E-state index in [0.29, 0.717) is 11.5 Å². The lowest BCUT2D eigenvalue weighted by Crippen LogP contribution is -2.24. The number of carboxylic acid groups (broad SMARTS) is 1. The second kappa shape index (κ2) is 7.01. The van der Waals surface area contributed by atoms with Gasteiger partial charge in [0, 0.05) is 0 Å². The zero-order valence-electron chi connectivity index (χ0n) is 9.56. The van der Waals surface area contributed by atoms with Crippen LogP contribution in [0.2, 0.25) is 0 Å². The van der Waals surface area contributed by atoms with Crippen LogP contribution >= 0.6 is 11.8 Å². The van der Waals surface area contributed by atoms with Crippen LogP contribution in [0.4, 0.5) is 0 Å². The van der Waals surface area contributed by atoms with Crippen LogP contribution in [0.15, 0.2) is 16.5 Å². The monoisotopic (exact) mass is 257 g/mol. The van der Waals surface area contributed by atoms with E-state index < -0.39 is 5.97 Å². The number of carbonyl (C=O) groups is 2. The number of carboxylic acids is 1. The Balaban J connectivity index is 2.29. The van der Waals surface area contributed by atoms with Gasteiger partial charge in [0.05, 0.1) is 12.3 Å². The Kier molecular flexibility index (Phi) is 5.62. The molecule has 0 saturated carbocycles. The summed E-state index contributed by atoms with van der Waals surface area (Å²) in [5.74, 6) is 0.515. The highest BCUT2D eigenvalue weighted by Gasteiger charge is 2.09. The van der Waals surface area contributed by atoms with Crippen LogP contribution in [0, 0.1) is 0 Å². The molecule has 17 heavy (non-hydrogen) atoms. The van der Waals surface area contributed by atoms with E-state index in [1.165, 1.54) is 6.07 Å². The van der Waals surface area contributed by atoms with Crippen molar-refractivity contribution in [3.8, 4) is 0 Å². The van der Waals surface area contributed by atoms with Crippen LogP contribution < -0.4 is 5.32 Å². The number of aromatic carboxylic acids is 1. The molecule has 94 valence electrons. The molecule has 6 heteroatoms. The van der Waals surface area contributed by atoms with Gasteiger partial charge in [0.2, 0.25) is 11.7 Å². The van der Waals surface area contributed by atoms with Crippen molar-refractivity contribution in [1.82, 2.24) is 5.32 Å². The van der Waals surface area contributed by atoms with E-state index in [4.69, 9.17) is 9.52 Å². The zero-order valence-corrected chi connectivity index (χ0v) is 10.4. The highest BCUT2D eigenvalue weighted by molar-refractivity contribution is 7.99. The summed E-state index contributed by atoms with van der Waals surface area (Å²) >= 11 is 1.57. The van der Waals surface area contributed by atoms with Gasteiger partial charge in [-0.3, -0.25) is 4.79 Å². The lowest BCUT2D eigenvalue weighted by molar-refractivity contribution is -0.118. The van der Waals surface area contributed by atoms with Gasteiger partial charge in [-0.25, -0.2) is 4.79 Å². The molecule has 2 N–H and O–H groups in total. The maximum absolute atomic E-state index is 11.3. The van der Waals surface area contributed by atoms with Gasteiger partial charge in [-0.2, -0.15) is 11.8 Å². The first-order valence-corrected chi connectivity index (χ1v) is 6.45. The zero-order chi connectivity index (χ0) is 12.7. The predicted octanol–water partition coefficient (Wildman–Crippen LogP) is 1.74. The molecule has 1 amide bonds. The Morgan fingerprint density at radius 2 is 2.24 bits per heavy atom. The fourth-order valence-electron chi connectivity index (χ4n) is 1.13. The number of rotatable bonds is 7. The summed E-state index contributed by atoms with van der Waals surface area (Å²) in [6.45, 7) is 2.28. The molecule has 0 atom stereocenters. The highest BCUT2D eigenvalue weighted by atomic mass is 32.2. The Labute approximate surface area is 104 Å². The molecular formula is C11H15NO4S. The smallest absolute Gasteiger partial charge is 0.371 e. The number of furan rings is 1. The average Bonchev–Trinajstić information content (AvgIpc) is 2.75.